The van der Waals surface area contributed by atoms with Crippen molar-refractivity contribution < 1.29 is 23.8 Å². The first-order valence-corrected chi connectivity index (χ1v) is 7.75. The lowest BCUT2D eigenvalue weighted by Gasteiger charge is -2.20. The minimum absolute atomic E-state index is 0.131. The molecular weight excluding hydrogens is 298 g/mol. The van der Waals surface area contributed by atoms with E-state index >= 15 is 0 Å². The predicted octanol–water partition coefficient (Wildman–Crippen LogP) is 3.35. The van der Waals surface area contributed by atoms with Crippen molar-refractivity contribution in [3.8, 4) is 5.75 Å². The molecule has 0 radical (unpaired) electrons. The Morgan fingerprint density at radius 2 is 1.91 bits per heavy atom. The molecule has 1 unspecified atom stereocenters. The van der Waals surface area contributed by atoms with Gasteiger partial charge in [0, 0.05) is 6.92 Å². The van der Waals surface area contributed by atoms with Crippen molar-refractivity contribution in [2.75, 3.05) is 6.61 Å². The molecule has 0 N–H and O–H groups in total. The van der Waals surface area contributed by atoms with E-state index in [0.29, 0.717) is 12.4 Å². The second kappa shape index (κ2) is 8.50. The molecule has 0 bridgehead atoms. The van der Waals surface area contributed by atoms with Gasteiger partial charge in [0.2, 0.25) is 6.29 Å². The highest BCUT2D eigenvalue weighted by atomic mass is 16.7. The number of hydrogen-bond donors (Lipinski definition) is 0. The van der Waals surface area contributed by atoms with Crippen molar-refractivity contribution in [1.29, 1.82) is 0 Å². The lowest BCUT2D eigenvalue weighted by Crippen LogP contribution is -2.29. The van der Waals surface area contributed by atoms with Crippen molar-refractivity contribution >= 4 is 11.9 Å². The van der Waals surface area contributed by atoms with Gasteiger partial charge in [-0.05, 0) is 39.3 Å². The molecule has 128 valence electrons. The number of esters is 2. The van der Waals surface area contributed by atoms with Crippen LogP contribution in [0.3, 0.4) is 0 Å². The Morgan fingerprint density at radius 3 is 2.43 bits per heavy atom. The first-order chi connectivity index (χ1) is 10.7. The van der Waals surface area contributed by atoms with Crippen LogP contribution in [0.2, 0.25) is 0 Å². The average molecular weight is 323 g/mol. The Kier molecular flexibility index (Phi) is 7.00. The fourth-order valence-corrected chi connectivity index (χ4v) is 1.48. The minimum Gasteiger partial charge on any atom is -0.492 e. The SMILES string of the molecule is CCCCOc1ccc(C(=O)OC(C)OC(=O)C(C)(C)C)nc1. The molecule has 23 heavy (non-hydrogen) atoms. The van der Waals surface area contributed by atoms with Crippen LogP contribution in [0.15, 0.2) is 18.3 Å². The zero-order chi connectivity index (χ0) is 17.5. The van der Waals surface area contributed by atoms with Crippen LogP contribution in [0.4, 0.5) is 0 Å². The van der Waals surface area contributed by atoms with Crippen LogP contribution in [-0.4, -0.2) is 29.8 Å². The molecular formula is C17H25NO5. The smallest absolute Gasteiger partial charge is 0.359 e. The van der Waals surface area contributed by atoms with Crippen LogP contribution in [0.1, 0.15) is 57.9 Å². The molecule has 0 amide bonds. The topological polar surface area (TPSA) is 74.7 Å². The van der Waals surface area contributed by atoms with Gasteiger partial charge in [-0.3, -0.25) is 4.79 Å². The van der Waals surface area contributed by atoms with Crippen LogP contribution >= 0.6 is 0 Å². The zero-order valence-electron chi connectivity index (χ0n) is 14.4. The summed E-state index contributed by atoms with van der Waals surface area (Å²) < 4.78 is 15.6. The molecule has 1 aromatic rings. The first-order valence-electron chi connectivity index (χ1n) is 7.75. The van der Waals surface area contributed by atoms with E-state index in [1.807, 2.05) is 0 Å². The number of hydrogen-bond acceptors (Lipinski definition) is 6. The number of carbonyl (C=O) groups excluding carboxylic acids is 2. The Labute approximate surface area is 137 Å². The molecule has 0 aromatic carbocycles. The number of pyridine rings is 1. The zero-order valence-corrected chi connectivity index (χ0v) is 14.4. The Balaban J connectivity index is 2.52. The summed E-state index contributed by atoms with van der Waals surface area (Å²) in [4.78, 5) is 27.7. The number of nitrogens with zero attached hydrogens (tertiary/aromatic N) is 1. The molecule has 1 rings (SSSR count). The highest BCUT2D eigenvalue weighted by Crippen LogP contribution is 2.17. The summed E-state index contributed by atoms with van der Waals surface area (Å²) in [6, 6.07) is 3.17. The van der Waals surface area contributed by atoms with Crippen LogP contribution < -0.4 is 4.74 Å². The third-order valence-corrected chi connectivity index (χ3v) is 2.87. The maximum absolute atomic E-state index is 11.9. The molecule has 0 saturated carbocycles. The van der Waals surface area contributed by atoms with Gasteiger partial charge in [0.25, 0.3) is 0 Å². The number of rotatable bonds is 7. The molecule has 0 aliphatic rings. The maximum atomic E-state index is 11.9. The monoisotopic (exact) mass is 323 g/mol. The van der Waals surface area contributed by atoms with Crippen molar-refractivity contribution in [3.63, 3.8) is 0 Å². The summed E-state index contributed by atoms with van der Waals surface area (Å²) in [5.41, 5.74) is -0.525. The standard InChI is InChI=1S/C17H25NO5/c1-6-7-10-21-13-8-9-14(18-11-13)15(19)22-12(2)23-16(20)17(3,4)5/h8-9,11-12H,6-7,10H2,1-5H3. The molecule has 0 fully saturated rings. The maximum Gasteiger partial charge on any atom is 0.359 e. The van der Waals surface area contributed by atoms with Crippen molar-refractivity contribution in [2.24, 2.45) is 5.41 Å². The van der Waals surface area contributed by atoms with E-state index in [-0.39, 0.29) is 5.69 Å². The highest BCUT2D eigenvalue weighted by molar-refractivity contribution is 5.87. The van der Waals surface area contributed by atoms with Gasteiger partial charge in [-0.2, -0.15) is 0 Å². The number of ether oxygens (including phenoxy) is 3. The van der Waals surface area contributed by atoms with Crippen molar-refractivity contribution in [1.82, 2.24) is 4.98 Å². The molecule has 1 aromatic heterocycles. The lowest BCUT2D eigenvalue weighted by molar-refractivity contribution is -0.174. The van der Waals surface area contributed by atoms with Gasteiger partial charge in [0.1, 0.15) is 11.4 Å². The molecule has 6 nitrogen and oxygen atoms in total. The van der Waals surface area contributed by atoms with Gasteiger partial charge in [-0.25, -0.2) is 9.78 Å². The summed E-state index contributed by atoms with van der Waals surface area (Å²) in [6.07, 6.45) is 2.50. The molecule has 1 heterocycles. The van der Waals surface area contributed by atoms with Crippen molar-refractivity contribution in [3.05, 3.63) is 24.0 Å². The van der Waals surface area contributed by atoms with E-state index < -0.39 is 23.6 Å². The molecule has 1 atom stereocenters. The van der Waals surface area contributed by atoms with E-state index in [0.717, 1.165) is 12.8 Å². The molecule has 0 aliphatic heterocycles. The summed E-state index contributed by atoms with van der Waals surface area (Å²) in [7, 11) is 0. The third-order valence-electron chi connectivity index (χ3n) is 2.87. The molecule has 0 spiro atoms. The predicted molar refractivity (Wildman–Crippen MR) is 85.1 cm³/mol. The molecule has 0 saturated heterocycles. The normalized spacial score (nSPS) is 12.4. The lowest BCUT2D eigenvalue weighted by atomic mass is 9.97. The quantitative estimate of drug-likeness (QED) is 0.435. The number of carbonyl (C=O) groups is 2. The number of unbranched alkanes of at least 4 members (excludes halogenated alkanes) is 1. The average Bonchev–Trinajstić information content (AvgIpc) is 2.47. The van der Waals surface area contributed by atoms with Gasteiger partial charge in [0.05, 0.1) is 18.2 Å². The second-order valence-electron chi connectivity index (χ2n) is 6.21. The molecule has 6 heteroatoms. The van der Waals surface area contributed by atoms with Crippen LogP contribution in [0.25, 0.3) is 0 Å². The Morgan fingerprint density at radius 1 is 1.22 bits per heavy atom. The van der Waals surface area contributed by atoms with Gasteiger partial charge in [-0.1, -0.05) is 13.3 Å². The largest absolute Gasteiger partial charge is 0.492 e. The Bertz CT molecular complexity index is 519. The van der Waals surface area contributed by atoms with Crippen LogP contribution in [0.5, 0.6) is 5.75 Å². The van der Waals surface area contributed by atoms with E-state index in [9.17, 15) is 9.59 Å². The summed E-state index contributed by atoms with van der Waals surface area (Å²) in [5, 5.41) is 0. The van der Waals surface area contributed by atoms with Gasteiger partial charge < -0.3 is 14.2 Å². The Hall–Kier alpha value is -2.11. The van der Waals surface area contributed by atoms with E-state index in [4.69, 9.17) is 14.2 Å². The number of aromatic nitrogens is 1. The highest BCUT2D eigenvalue weighted by Gasteiger charge is 2.26. The van der Waals surface area contributed by atoms with Gasteiger partial charge >= 0.3 is 11.9 Å². The summed E-state index contributed by atoms with van der Waals surface area (Å²) in [6.45, 7) is 9.36. The van der Waals surface area contributed by atoms with E-state index in [1.54, 1.807) is 26.8 Å². The summed E-state index contributed by atoms with van der Waals surface area (Å²) >= 11 is 0. The van der Waals surface area contributed by atoms with Gasteiger partial charge in [-0.15, -0.1) is 0 Å². The van der Waals surface area contributed by atoms with E-state index in [2.05, 4.69) is 11.9 Å². The minimum atomic E-state index is -0.975. The summed E-state index contributed by atoms with van der Waals surface area (Å²) in [5.74, 6) is -0.494. The van der Waals surface area contributed by atoms with Gasteiger partial charge in [0.15, 0.2) is 0 Å². The first kappa shape index (κ1) is 18.9. The van der Waals surface area contributed by atoms with Crippen LogP contribution in [-0.2, 0) is 14.3 Å². The fraction of sp³-hybridized carbons (Fsp3) is 0.588. The van der Waals surface area contributed by atoms with Crippen molar-refractivity contribution in [2.45, 2.75) is 53.8 Å². The third kappa shape index (κ3) is 6.67. The fourth-order valence-electron chi connectivity index (χ4n) is 1.48. The molecule has 0 aliphatic carbocycles. The second-order valence-corrected chi connectivity index (χ2v) is 6.21. The van der Waals surface area contributed by atoms with E-state index in [1.165, 1.54) is 19.2 Å². The van der Waals surface area contributed by atoms with Crippen LogP contribution in [0, 0.1) is 5.41 Å².